The van der Waals surface area contributed by atoms with Gasteiger partial charge in [0.25, 0.3) is 5.91 Å². The van der Waals surface area contributed by atoms with Gasteiger partial charge >= 0.3 is 0 Å². The van der Waals surface area contributed by atoms with Gasteiger partial charge in [-0.15, -0.1) is 0 Å². The van der Waals surface area contributed by atoms with Gasteiger partial charge in [0.15, 0.2) is 0 Å². The van der Waals surface area contributed by atoms with E-state index in [0.29, 0.717) is 43.9 Å². The Balaban J connectivity index is 1.15. The number of benzene rings is 3. The molecule has 3 aromatic carbocycles. The zero-order chi connectivity index (χ0) is 29.0. The van der Waals surface area contributed by atoms with Gasteiger partial charge in [0, 0.05) is 55.6 Å². The number of rotatable bonds is 10. The van der Waals surface area contributed by atoms with Crippen molar-refractivity contribution in [2.75, 3.05) is 42.6 Å². The summed E-state index contributed by atoms with van der Waals surface area (Å²) in [5.41, 5.74) is 6.27. The molecule has 41 heavy (non-hydrogen) atoms. The molecule has 0 bridgehead atoms. The third kappa shape index (κ3) is 7.41. The van der Waals surface area contributed by atoms with Gasteiger partial charge in [-0.2, -0.15) is 4.31 Å². The number of hydrogen-bond donors (Lipinski definition) is 2. The molecule has 1 aliphatic heterocycles. The molecule has 0 aromatic heterocycles. The first kappa shape index (κ1) is 29.0. The van der Waals surface area contributed by atoms with Gasteiger partial charge in [-0.25, -0.2) is 8.42 Å². The van der Waals surface area contributed by atoms with Gasteiger partial charge in [-0.1, -0.05) is 37.3 Å². The number of anilines is 2. The van der Waals surface area contributed by atoms with Gasteiger partial charge < -0.3 is 10.6 Å². The minimum absolute atomic E-state index is 0.0816. The number of carbonyl (C=O) groups excluding carboxylic acids is 2. The molecule has 2 fully saturated rings. The first-order valence-electron chi connectivity index (χ1n) is 14.3. The molecule has 0 radical (unpaired) electrons. The summed E-state index contributed by atoms with van der Waals surface area (Å²) in [6.45, 7) is 7.12. The maximum Gasteiger partial charge on any atom is 0.255 e. The molecule has 2 amide bonds. The standard InChI is InChI=1S/C32H38N4O4S/c1-3-20-41(39,40)36-18-16-35(17-19-36)22-24-5-14-28(15-6-24)33-31(37)26-9-7-25(8-10-26)30-21-29(13-4-23(30)2)34-32(38)27-11-12-27/h4-10,13-15,21,27H,3,11-12,16-20,22H2,1-2H3,(H,33,37)(H,34,38). The maximum atomic E-state index is 12.9. The second kappa shape index (κ2) is 12.5. The number of sulfonamides is 1. The van der Waals surface area contributed by atoms with E-state index in [1.807, 2.05) is 80.6 Å². The number of hydrogen-bond acceptors (Lipinski definition) is 5. The zero-order valence-electron chi connectivity index (χ0n) is 23.7. The van der Waals surface area contributed by atoms with Crippen molar-refractivity contribution in [3.8, 4) is 11.1 Å². The van der Waals surface area contributed by atoms with Crippen LogP contribution < -0.4 is 10.6 Å². The Morgan fingerprint density at radius 1 is 0.854 bits per heavy atom. The molecule has 0 unspecified atom stereocenters. The number of nitrogens with one attached hydrogen (secondary N) is 2. The van der Waals surface area contributed by atoms with Crippen LogP contribution in [0.25, 0.3) is 11.1 Å². The lowest BCUT2D eigenvalue weighted by molar-refractivity contribution is -0.117. The van der Waals surface area contributed by atoms with Crippen molar-refractivity contribution >= 4 is 33.2 Å². The van der Waals surface area contributed by atoms with Gasteiger partial charge in [0.1, 0.15) is 0 Å². The van der Waals surface area contributed by atoms with E-state index >= 15 is 0 Å². The third-order valence-corrected chi connectivity index (χ3v) is 9.79. The van der Waals surface area contributed by atoms with Gasteiger partial charge in [0.05, 0.1) is 5.75 Å². The fourth-order valence-corrected chi connectivity index (χ4v) is 6.60. The van der Waals surface area contributed by atoms with E-state index in [2.05, 4.69) is 15.5 Å². The average molecular weight is 575 g/mol. The topological polar surface area (TPSA) is 98.8 Å². The number of amides is 2. The second-order valence-electron chi connectivity index (χ2n) is 11.0. The number of aryl methyl sites for hydroxylation is 1. The molecule has 2 N–H and O–H groups in total. The minimum Gasteiger partial charge on any atom is -0.326 e. The van der Waals surface area contributed by atoms with Crippen molar-refractivity contribution in [1.29, 1.82) is 0 Å². The van der Waals surface area contributed by atoms with E-state index in [1.165, 1.54) is 0 Å². The highest BCUT2D eigenvalue weighted by molar-refractivity contribution is 7.89. The van der Waals surface area contributed by atoms with Crippen LogP contribution >= 0.6 is 0 Å². The molecule has 8 nitrogen and oxygen atoms in total. The highest BCUT2D eigenvalue weighted by Gasteiger charge is 2.29. The summed E-state index contributed by atoms with van der Waals surface area (Å²) >= 11 is 0. The predicted octanol–water partition coefficient (Wildman–Crippen LogP) is 5.12. The van der Waals surface area contributed by atoms with Crippen molar-refractivity contribution in [3.05, 3.63) is 83.4 Å². The van der Waals surface area contributed by atoms with Gasteiger partial charge in [0.2, 0.25) is 15.9 Å². The SMILES string of the molecule is CCCS(=O)(=O)N1CCN(Cc2ccc(NC(=O)c3ccc(-c4cc(NC(=O)C5CC5)ccc4C)cc3)cc2)CC1. The lowest BCUT2D eigenvalue weighted by Gasteiger charge is -2.34. The maximum absolute atomic E-state index is 12.9. The fourth-order valence-electron chi connectivity index (χ4n) is 5.11. The van der Waals surface area contributed by atoms with Crippen LogP contribution in [0.1, 0.15) is 47.7 Å². The first-order valence-corrected chi connectivity index (χ1v) is 15.9. The Labute approximate surface area is 242 Å². The minimum atomic E-state index is -3.14. The number of nitrogens with zero attached hydrogens (tertiary/aromatic N) is 2. The molecule has 0 spiro atoms. The summed E-state index contributed by atoms with van der Waals surface area (Å²) in [4.78, 5) is 27.3. The van der Waals surface area contributed by atoms with Crippen LogP contribution in [0.3, 0.4) is 0 Å². The molecule has 2 aliphatic rings. The largest absolute Gasteiger partial charge is 0.326 e. The summed E-state index contributed by atoms with van der Waals surface area (Å²) in [7, 11) is -3.14. The normalized spacial score (nSPS) is 16.3. The Bertz CT molecular complexity index is 1490. The quantitative estimate of drug-likeness (QED) is 0.350. The van der Waals surface area contributed by atoms with Gasteiger partial charge in [-0.05, 0) is 84.8 Å². The zero-order valence-corrected chi connectivity index (χ0v) is 24.5. The highest BCUT2D eigenvalue weighted by Crippen LogP contribution is 2.32. The van der Waals surface area contributed by atoms with Crippen LogP contribution in [-0.4, -0.2) is 61.4 Å². The Morgan fingerprint density at radius 2 is 1.51 bits per heavy atom. The van der Waals surface area contributed by atoms with E-state index in [9.17, 15) is 18.0 Å². The molecule has 1 saturated carbocycles. The Kier molecular flexibility index (Phi) is 8.87. The van der Waals surface area contributed by atoms with Gasteiger partial charge in [-0.3, -0.25) is 14.5 Å². The highest BCUT2D eigenvalue weighted by atomic mass is 32.2. The van der Waals surface area contributed by atoms with E-state index in [4.69, 9.17) is 0 Å². The van der Waals surface area contributed by atoms with Crippen molar-refractivity contribution in [2.45, 2.75) is 39.7 Å². The van der Waals surface area contributed by atoms with Crippen LogP contribution in [-0.2, 0) is 21.4 Å². The molecule has 5 rings (SSSR count). The summed E-state index contributed by atoms with van der Waals surface area (Å²) < 4.78 is 26.2. The molecular weight excluding hydrogens is 536 g/mol. The molecule has 3 aromatic rings. The van der Waals surface area contributed by atoms with Crippen LogP contribution in [0.4, 0.5) is 11.4 Å². The van der Waals surface area contributed by atoms with Crippen LogP contribution in [0.5, 0.6) is 0 Å². The Morgan fingerprint density at radius 3 is 2.15 bits per heavy atom. The second-order valence-corrected chi connectivity index (χ2v) is 13.1. The van der Waals surface area contributed by atoms with Crippen LogP contribution in [0, 0.1) is 12.8 Å². The molecule has 1 aliphatic carbocycles. The fraction of sp³-hybridized carbons (Fsp3) is 0.375. The smallest absolute Gasteiger partial charge is 0.255 e. The third-order valence-electron chi connectivity index (χ3n) is 7.72. The predicted molar refractivity (Wildman–Crippen MR) is 163 cm³/mol. The lowest BCUT2D eigenvalue weighted by atomic mass is 9.98. The molecule has 9 heteroatoms. The van der Waals surface area contributed by atoms with E-state index < -0.39 is 10.0 Å². The molecular formula is C32H38N4O4S. The molecule has 1 heterocycles. The number of piperazine rings is 1. The molecule has 216 valence electrons. The monoisotopic (exact) mass is 574 g/mol. The summed E-state index contributed by atoms with van der Waals surface area (Å²) in [6, 6.07) is 21.2. The van der Waals surface area contributed by atoms with Crippen molar-refractivity contribution < 1.29 is 18.0 Å². The van der Waals surface area contributed by atoms with Crippen LogP contribution in [0.15, 0.2) is 66.7 Å². The molecule has 0 atom stereocenters. The van der Waals surface area contributed by atoms with Crippen molar-refractivity contribution in [3.63, 3.8) is 0 Å². The summed E-state index contributed by atoms with van der Waals surface area (Å²) in [5.74, 6) is 0.251. The van der Waals surface area contributed by atoms with E-state index in [0.717, 1.165) is 47.3 Å². The summed E-state index contributed by atoms with van der Waals surface area (Å²) in [6.07, 6.45) is 2.56. The van der Waals surface area contributed by atoms with Crippen molar-refractivity contribution in [1.82, 2.24) is 9.21 Å². The first-order chi connectivity index (χ1) is 19.7. The van der Waals surface area contributed by atoms with Crippen molar-refractivity contribution in [2.24, 2.45) is 5.92 Å². The number of carbonyl (C=O) groups is 2. The average Bonchev–Trinajstić information content (AvgIpc) is 3.82. The van der Waals surface area contributed by atoms with E-state index in [1.54, 1.807) is 4.31 Å². The van der Waals surface area contributed by atoms with E-state index in [-0.39, 0.29) is 23.5 Å². The molecule has 1 saturated heterocycles. The van der Waals surface area contributed by atoms with Crippen LogP contribution in [0.2, 0.25) is 0 Å². The lowest BCUT2D eigenvalue weighted by Crippen LogP contribution is -2.48. The summed E-state index contributed by atoms with van der Waals surface area (Å²) in [5, 5.41) is 5.97. The Hall–Kier alpha value is -3.53.